The van der Waals surface area contributed by atoms with Gasteiger partial charge < -0.3 is 19.3 Å². The molecular weight excluding hydrogens is 395 g/mol. The molecule has 0 spiro atoms. The molecule has 0 radical (unpaired) electrons. The van der Waals surface area contributed by atoms with Gasteiger partial charge in [-0.05, 0) is 63.6 Å². The van der Waals surface area contributed by atoms with Crippen molar-refractivity contribution in [2.75, 3.05) is 24.3 Å². The van der Waals surface area contributed by atoms with Crippen LogP contribution in [0.3, 0.4) is 0 Å². The van der Waals surface area contributed by atoms with Crippen LogP contribution in [0.15, 0.2) is 48.5 Å². The molecule has 1 N–H and O–H groups in total. The van der Waals surface area contributed by atoms with E-state index in [1.54, 1.807) is 12.1 Å². The summed E-state index contributed by atoms with van der Waals surface area (Å²) in [5.41, 5.74) is 2.61. The van der Waals surface area contributed by atoms with E-state index in [9.17, 15) is 4.57 Å². The van der Waals surface area contributed by atoms with Gasteiger partial charge in [-0.3, -0.25) is 4.57 Å². The lowest BCUT2D eigenvalue weighted by Crippen LogP contribution is -2.19. The summed E-state index contributed by atoms with van der Waals surface area (Å²) < 4.78 is 25.6. The summed E-state index contributed by atoms with van der Waals surface area (Å²) in [4.78, 5) is 2.01. The minimum atomic E-state index is -3.55. The van der Waals surface area contributed by atoms with Crippen LogP contribution < -0.4 is 10.2 Å². The highest BCUT2D eigenvalue weighted by atomic mass is 35.5. The fourth-order valence-corrected chi connectivity index (χ4v) is 5.27. The third kappa shape index (κ3) is 6.25. The zero-order valence-corrected chi connectivity index (χ0v) is 19.0. The minimum absolute atomic E-state index is 0.255. The second kappa shape index (κ2) is 9.80. The SMILES string of the molecule is CC(C)OP(=O)(OC(C)C)C(Nc1cccc(Cl)c1)c1ccc(N(C)C)cc1. The van der Waals surface area contributed by atoms with Gasteiger partial charge in [-0.1, -0.05) is 29.8 Å². The quantitative estimate of drug-likeness (QED) is 0.462. The fourth-order valence-electron chi connectivity index (χ4n) is 2.77. The number of nitrogens with zero attached hydrogens (tertiary/aromatic N) is 1. The van der Waals surface area contributed by atoms with Crippen molar-refractivity contribution in [2.24, 2.45) is 0 Å². The van der Waals surface area contributed by atoms with E-state index >= 15 is 0 Å². The molecule has 0 aliphatic rings. The molecule has 7 heteroatoms. The van der Waals surface area contributed by atoms with Gasteiger partial charge in [0.1, 0.15) is 0 Å². The number of benzene rings is 2. The van der Waals surface area contributed by atoms with E-state index in [2.05, 4.69) is 5.32 Å². The molecule has 0 fully saturated rings. The molecule has 1 atom stereocenters. The lowest BCUT2D eigenvalue weighted by atomic mass is 10.2. The van der Waals surface area contributed by atoms with Crippen molar-refractivity contribution in [3.8, 4) is 0 Å². The van der Waals surface area contributed by atoms with Gasteiger partial charge in [-0.2, -0.15) is 0 Å². The Morgan fingerprint density at radius 3 is 2.00 bits per heavy atom. The molecule has 0 bridgehead atoms. The Kier molecular flexibility index (Phi) is 7.97. The normalized spacial score (nSPS) is 13.0. The Labute approximate surface area is 173 Å². The first-order valence-electron chi connectivity index (χ1n) is 9.36. The van der Waals surface area contributed by atoms with E-state index in [0.717, 1.165) is 16.9 Å². The lowest BCUT2D eigenvalue weighted by Gasteiger charge is -2.31. The molecule has 0 aliphatic heterocycles. The molecule has 2 rings (SSSR count). The topological polar surface area (TPSA) is 50.8 Å². The van der Waals surface area contributed by atoms with Crippen molar-refractivity contribution < 1.29 is 13.6 Å². The summed E-state index contributed by atoms with van der Waals surface area (Å²) in [6.07, 6.45) is -0.511. The van der Waals surface area contributed by atoms with Gasteiger partial charge >= 0.3 is 7.60 Å². The minimum Gasteiger partial charge on any atom is -0.378 e. The van der Waals surface area contributed by atoms with E-state index in [1.165, 1.54) is 0 Å². The van der Waals surface area contributed by atoms with E-state index in [-0.39, 0.29) is 12.2 Å². The number of anilines is 2. The van der Waals surface area contributed by atoms with Crippen LogP contribution in [0.4, 0.5) is 11.4 Å². The molecule has 154 valence electrons. The van der Waals surface area contributed by atoms with Gasteiger partial charge in [0, 0.05) is 30.5 Å². The number of rotatable bonds is 9. The molecule has 0 aliphatic carbocycles. The number of halogens is 1. The molecule has 28 heavy (non-hydrogen) atoms. The second-order valence-corrected chi connectivity index (χ2v) is 9.85. The Bertz CT molecular complexity index is 796. The third-order valence-electron chi connectivity index (χ3n) is 3.88. The Balaban J connectivity index is 2.50. The first-order chi connectivity index (χ1) is 13.1. The Hall–Kier alpha value is -1.52. The average molecular weight is 425 g/mol. The highest BCUT2D eigenvalue weighted by Crippen LogP contribution is 2.62. The van der Waals surface area contributed by atoms with Crippen LogP contribution in [0.2, 0.25) is 5.02 Å². The summed E-state index contributed by atoms with van der Waals surface area (Å²) in [5, 5.41) is 3.92. The summed E-state index contributed by atoms with van der Waals surface area (Å²) >= 11 is 6.14. The predicted molar refractivity (Wildman–Crippen MR) is 119 cm³/mol. The summed E-state index contributed by atoms with van der Waals surface area (Å²) in [6, 6.07) is 15.2. The van der Waals surface area contributed by atoms with Crippen LogP contribution in [-0.4, -0.2) is 26.3 Å². The van der Waals surface area contributed by atoms with Gasteiger partial charge in [0.15, 0.2) is 5.78 Å². The molecule has 0 heterocycles. The van der Waals surface area contributed by atoms with Gasteiger partial charge in [0.05, 0.1) is 12.2 Å². The van der Waals surface area contributed by atoms with Crippen LogP contribution in [-0.2, 0) is 13.6 Å². The highest BCUT2D eigenvalue weighted by molar-refractivity contribution is 7.54. The largest absolute Gasteiger partial charge is 0.378 e. The molecule has 5 nitrogen and oxygen atoms in total. The average Bonchev–Trinajstić information content (AvgIpc) is 2.58. The van der Waals surface area contributed by atoms with Gasteiger partial charge in [-0.15, -0.1) is 0 Å². The number of hydrogen-bond acceptors (Lipinski definition) is 5. The van der Waals surface area contributed by atoms with Crippen LogP contribution in [0.5, 0.6) is 0 Å². The van der Waals surface area contributed by atoms with E-state index < -0.39 is 13.4 Å². The molecule has 0 aromatic heterocycles. The molecule has 0 saturated heterocycles. The van der Waals surface area contributed by atoms with Crippen molar-refractivity contribution in [1.82, 2.24) is 0 Å². The standard InChI is InChI=1S/C21H30ClN2O3P/c1-15(2)26-28(25,27-16(3)4)21(23-19-9-7-8-18(22)14-19)17-10-12-20(13-11-17)24(5)6/h7-16,21,23H,1-6H3. The van der Waals surface area contributed by atoms with Crippen LogP contribution in [0.25, 0.3) is 0 Å². The van der Waals surface area contributed by atoms with Crippen molar-refractivity contribution in [3.63, 3.8) is 0 Å². The molecular formula is C21H30ClN2O3P. The smallest absolute Gasteiger partial charge is 0.357 e. The zero-order chi connectivity index (χ0) is 20.9. The number of nitrogens with one attached hydrogen (secondary N) is 1. The molecule has 1 unspecified atom stereocenters. The maximum atomic E-state index is 13.9. The van der Waals surface area contributed by atoms with Crippen molar-refractivity contribution in [1.29, 1.82) is 0 Å². The van der Waals surface area contributed by atoms with E-state index in [4.69, 9.17) is 20.6 Å². The van der Waals surface area contributed by atoms with Gasteiger partial charge in [0.2, 0.25) is 0 Å². The fraction of sp³-hybridized carbons (Fsp3) is 0.429. The molecule has 0 amide bonds. The third-order valence-corrected chi connectivity index (χ3v) is 6.61. The molecule has 2 aromatic carbocycles. The predicted octanol–water partition coefficient (Wildman–Crippen LogP) is 6.56. The van der Waals surface area contributed by atoms with Crippen molar-refractivity contribution in [2.45, 2.75) is 45.7 Å². The van der Waals surface area contributed by atoms with Crippen molar-refractivity contribution >= 4 is 30.6 Å². The summed E-state index contributed by atoms with van der Waals surface area (Å²) in [6.45, 7) is 7.40. The van der Waals surface area contributed by atoms with Crippen LogP contribution in [0, 0.1) is 0 Å². The van der Waals surface area contributed by atoms with Gasteiger partial charge in [0.25, 0.3) is 0 Å². The van der Waals surface area contributed by atoms with Crippen molar-refractivity contribution in [3.05, 3.63) is 59.1 Å². The second-order valence-electron chi connectivity index (χ2n) is 7.39. The van der Waals surface area contributed by atoms with Crippen LogP contribution >= 0.6 is 19.2 Å². The summed E-state index contributed by atoms with van der Waals surface area (Å²) in [5.74, 6) is -0.674. The maximum Gasteiger partial charge on any atom is 0.357 e. The molecule has 2 aromatic rings. The Morgan fingerprint density at radius 1 is 0.964 bits per heavy atom. The Morgan fingerprint density at radius 2 is 1.54 bits per heavy atom. The highest BCUT2D eigenvalue weighted by Gasteiger charge is 2.39. The van der Waals surface area contributed by atoms with Gasteiger partial charge in [-0.25, -0.2) is 0 Å². The monoisotopic (exact) mass is 424 g/mol. The molecule has 0 saturated carbocycles. The first-order valence-corrected chi connectivity index (χ1v) is 11.4. The van der Waals surface area contributed by atoms with E-state index in [1.807, 2.05) is 83.1 Å². The number of hydrogen-bond donors (Lipinski definition) is 1. The first kappa shape index (κ1) is 22.8. The lowest BCUT2D eigenvalue weighted by molar-refractivity contribution is 0.138. The zero-order valence-electron chi connectivity index (χ0n) is 17.3. The van der Waals surface area contributed by atoms with Crippen LogP contribution in [0.1, 0.15) is 39.0 Å². The van der Waals surface area contributed by atoms with E-state index in [0.29, 0.717) is 5.02 Å². The summed E-state index contributed by atoms with van der Waals surface area (Å²) in [7, 11) is 0.404. The maximum absolute atomic E-state index is 13.9.